The number of carbonyl (C=O) groups is 1. The highest BCUT2D eigenvalue weighted by atomic mass is 32.1. The number of rotatable bonds is 6. The van der Waals surface area contributed by atoms with Gasteiger partial charge in [0.05, 0.1) is 27.0 Å². The van der Waals surface area contributed by atoms with Crippen molar-refractivity contribution in [3.63, 3.8) is 0 Å². The number of nitrogens with zero attached hydrogens (tertiary/aromatic N) is 2. The zero-order chi connectivity index (χ0) is 21.6. The molecule has 8 heteroatoms. The summed E-state index contributed by atoms with van der Waals surface area (Å²) in [6.07, 6.45) is 6.39. The van der Waals surface area contributed by atoms with Gasteiger partial charge < -0.3 is 21.7 Å². The van der Waals surface area contributed by atoms with Crippen molar-refractivity contribution in [1.29, 1.82) is 0 Å². The predicted octanol–water partition coefficient (Wildman–Crippen LogP) is 4.40. The Hall–Kier alpha value is -2.71. The molecule has 5 N–H and O–H groups in total. The summed E-state index contributed by atoms with van der Waals surface area (Å²) in [5, 5.41) is 10.1. The van der Waals surface area contributed by atoms with Crippen molar-refractivity contribution in [2.24, 2.45) is 5.73 Å². The molecule has 31 heavy (non-hydrogen) atoms. The predicted molar refractivity (Wildman–Crippen MR) is 126 cm³/mol. The number of carbonyl (C=O) groups excluding carboxylic acids is 1. The highest BCUT2D eigenvalue weighted by molar-refractivity contribution is 7.16. The van der Waals surface area contributed by atoms with Gasteiger partial charge in [-0.2, -0.15) is 0 Å². The Balaban J connectivity index is 1.39. The molecule has 0 unspecified atom stereocenters. The average molecular weight is 437 g/mol. The van der Waals surface area contributed by atoms with Crippen LogP contribution in [0.3, 0.4) is 0 Å². The van der Waals surface area contributed by atoms with Gasteiger partial charge >= 0.3 is 0 Å². The molecule has 2 aromatic heterocycles. The van der Waals surface area contributed by atoms with Crippen LogP contribution in [0.1, 0.15) is 56.3 Å². The van der Waals surface area contributed by atoms with Gasteiger partial charge in [-0.1, -0.05) is 0 Å². The summed E-state index contributed by atoms with van der Waals surface area (Å²) in [7, 11) is 0. The molecule has 0 aliphatic heterocycles. The molecule has 162 valence electrons. The molecule has 7 nitrogen and oxygen atoms in total. The number of nitrogens with two attached hydrogens (primary N) is 1. The van der Waals surface area contributed by atoms with Crippen molar-refractivity contribution in [2.45, 2.75) is 63.1 Å². The van der Waals surface area contributed by atoms with Gasteiger partial charge in [-0.05, 0) is 64.2 Å². The molecule has 2 aliphatic carbocycles. The SMILES string of the molecule is CC(C)Nc1cc(Nc2ccc3ncsc3c2)ncc1C(=O)NC12CCC(N)(CC1)C2. The molecule has 5 rings (SSSR count). The van der Waals surface area contributed by atoms with E-state index in [0.717, 1.165) is 53.7 Å². The van der Waals surface area contributed by atoms with E-state index in [0.29, 0.717) is 11.4 Å². The number of hydrogen-bond donors (Lipinski definition) is 4. The van der Waals surface area contributed by atoms with Crippen LogP contribution in [0.25, 0.3) is 10.2 Å². The Morgan fingerprint density at radius 2 is 1.97 bits per heavy atom. The third-order valence-electron chi connectivity index (χ3n) is 6.47. The van der Waals surface area contributed by atoms with E-state index in [2.05, 4.69) is 45.8 Å². The first-order valence-electron chi connectivity index (χ1n) is 10.8. The van der Waals surface area contributed by atoms with Crippen LogP contribution in [0.5, 0.6) is 0 Å². The molecule has 0 radical (unpaired) electrons. The minimum absolute atomic E-state index is 0.0839. The topological polar surface area (TPSA) is 105 Å². The maximum atomic E-state index is 13.2. The lowest BCUT2D eigenvalue weighted by atomic mass is 9.91. The fourth-order valence-corrected chi connectivity index (χ4v) is 5.66. The number of fused-ring (bicyclic) bond motifs is 3. The lowest BCUT2D eigenvalue weighted by Crippen LogP contribution is -2.45. The van der Waals surface area contributed by atoms with E-state index in [4.69, 9.17) is 5.73 Å². The summed E-state index contributed by atoms with van der Waals surface area (Å²) >= 11 is 1.60. The van der Waals surface area contributed by atoms with Crippen LogP contribution in [0.15, 0.2) is 36.0 Å². The van der Waals surface area contributed by atoms with Crippen LogP contribution in [0.4, 0.5) is 17.2 Å². The summed E-state index contributed by atoms with van der Waals surface area (Å²) in [6, 6.07) is 8.12. The van der Waals surface area contributed by atoms with Crippen molar-refractivity contribution in [3.05, 3.63) is 41.5 Å². The van der Waals surface area contributed by atoms with E-state index in [1.807, 2.05) is 23.7 Å². The summed E-state index contributed by atoms with van der Waals surface area (Å²) in [4.78, 5) is 22.1. The third-order valence-corrected chi connectivity index (χ3v) is 7.26. The molecule has 3 aromatic rings. The minimum Gasteiger partial charge on any atom is -0.382 e. The van der Waals surface area contributed by atoms with Crippen molar-refractivity contribution in [2.75, 3.05) is 10.6 Å². The van der Waals surface area contributed by atoms with Crippen molar-refractivity contribution in [1.82, 2.24) is 15.3 Å². The van der Waals surface area contributed by atoms with Crippen LogP contribution in [0, 0.1) is 0 Å². The molecule has 0 spiro atoms. The van der Waals surface area contributed by atoms with Crippen LogP contribution in [0.2, 0.25) is 0 Å². The number of pyridine rings is 1. The summed E-state index contributed by atoms with van der Waals surface area (Å²) in [6.45, 7) is 4.12. The van der Waals surface area contributed by atoms with Crippen LogP contribution in [-0.4, -0.2) is 33.0 Å². The van der Waals surface area contributed by atoms with Gasteiger partial charge in [-0.25, -0.2) is 9.97 Å². The second-order valence-electron chi connectivity index (χ2n) is 9.35. The summed E-state index contributed by atoms with van der Waals surface area (Å²) < 4.78 is 1.12. The van der Waals surface area contributed by atoms with E-state index in [-0.39, 0.29) is 23.0 Å². The Bertz CT molecular complexity index is 1130. The Kier molecular flexibility index (Phi) is 4.86. The minimum atomic E-state index is -0.165. The average Bonchev–Trinajstić information content (AvgIpc) is 3.39. The summed E-state index contributed by atoms with van der Waals surface area (Å²) in [5.41, 5.74) is 11.3. The Morgan fingerprint density at radius 1 is 1.16 bits per heavy atom. The molecular formula is C23H28N6OS. The number of nitrogens with one attached hydrogen (secondary N) is 3. The number of benzene rings is 1. The molecule has 2 fully saturated rings. The second kappa shape index (κ2) is 7.46. The highest BCUT2D eigenvalue weighted by Crippen LogP contribution is 2.49. The standard InChI is InChI=1S/C23H28N6OS/c1-14(2)27-18-10-20(28-15-3-4-17-19(9-15)31-13-26-17)25-11-16(18)21(30)29-23-7-5-22(24,12-23)6-8-23/h3-4,9-11,13-14H,5-8,12,24H2,1-2H3,(H,29,30)(H2,25,27,28). The second-order valence-corrected chi connectivity index (χ2v) is 10.2. The first kappa shape index (κ1) is 20.2. The lowest BCUT2D eigenvalue weighted by Gasteiger charge is -2.28. The zero-order valence-electron chi connectivity index (χ0n) is 17.9. The fourth-order valence-electron chi connectivity index (χ4n) is 4.95. The maximum Gasteiger partial charge on any atom is 0.255 e. The molecule has 2 bridgehead atoms. The number of aromatic nitrogens is 2. The van der Waals surface area contributed by atoms with Crippen molar-refractivity contribution in [3.8, 4) is 0 Å². The van der Waals surface area contributed by atoms with Gasteiger partial charge in [-0.3, -0.25) is 4.79 Å². The first-order valence-corrected chi connectivity index (χ1v) is 11.7. The van der Waals surface area contributed by atoms with E-state index in [9.17, 15) is 4.79 Å². The summed E-state index contributed by atoms with van der Waals surface area (Å²) in [5.74, 6) is 0.601. The maximum absolute atomic E-state index is 13.2. The number of hydrogen-bond acceptors (Lipinski definition) is 7. The van der Waals surface area contributed by atoms with Crippen LogP contribution >= 0.6 is 11.3 Å². The van der Waals surface area contributed by atoms with Crippen molar-refractivity contribution < 1.29 is 4.79 Å². The monoisotopic (exact) mass is 436 g/mol. The third kappa shape index (κ3) is 3.97. The number of thiazole rings is 1. The quantitative estimate of drug-likeness (QED) is 0.456. The molecule has 1 amide bonds. The number of anilines is 3. The lowest BCUT2D eigenvalue weighted by molar-refractivity contribution is 0.0901. The molecule has 2 heterocycles. The molecule has 2 saturated carbocycles. The number of amides is 1. The van der Waals surface area contributed by atoms with Gasteiger partial charge in [0.15, 0.2) is 0 Å². The first-order chi connectivity index (χ1) is 14.8. The molecule has 0 atom stereocenters. The Labute approximate surface area is 185 Å². The van der Waals surface area contributed by atoms with E-state index < -0.39 is 0 Å². The normalized spacial score (nSPS) is 24.6. The van der Waals surface area contributed by atoms with Crippen LogP contribution < -0.4 is 21.7 Å². The van der Waals surface area contributed by atoms with Gasteiger partial charge in [0, 0.05) is 35.1 Å². The van der Waals surface area contributed by atoms with Gasteiger partial charge in [0.2, 0.25) is 0 Å². The van der Waals surface area contributed by atoms with Crippen LogP contribution in [-0.2, 0) is 0 Å². The fraction of sp³-hybridized carbons (Fsp3) is 0.435. The molecule has 0 saturated heterocycles. The largest absolute Gasteiger partial charge is 0.382 e. The smallest absolute Gasteiger partial charge is 0.255 e. The van der Waals surface area contributed by atoms with Crippen molar-refractivity contribution >= 4 is 44.7 Å². The van der Waals surface area contributed by atoms with E-state index in [1.165, 1.54) is 0 Å². The molecule has 1 aromatic carbocycles. The van der Waals surface area contributed by atoms with Gasteiger partial charge in [-0.15, -0.1) is 11.3 Å². The Morgan fingerprint density at radius 3 is 2.68 bits per heavy atom. The molecule has 2 aliphatic rings. The zero-order valence-corrected chi connectivity index (χ0v) is 18.7. The van der Waals surface area contributed by atoms with Gasteiger partial charge in [0.1, 0.15) is 5.82 Å². The molecular weight excluding hydrogens is 408 g/mol. The van der Waals surface area contributed by atoms with E-state index in [1.54, 1.807) is 17.5 Å². The van der Waals surface area contributed by atoms with E-state index >= 15 is 0 Å². The highest BCUT2D eigenvalue weighted by Gasteiger charge is 2.53. The van der Waals surface area contributed by atoms with Gasteiger partial charge in [0.25, 0.3) is 5.91 Å².